The molecule has 0 aliphatic heterocycles. The molecule has 0 unspecified atom stereocenters. The molecular weight excluding hydrogens is 270 g/mol. The van der Waals surface area contributed by atoms with E-state index in [9.17, 15) is 10.1 Å². The van der Waals surface area contributed by atoms with Crippen LogP contribution < -0.4 is 10.2 Å². The molecule has 1 saturated carbocycles. The van der Waals surface area contributed by atoms with Gasteiger partial charge in [0.05, 0.1) is 4.92 Å². The molecule has 1 aliphatic carbocycles. The van der Waals surface area contributed by atoms with Gasteiger partial charge in [0.25, 0.3) is 0 Å². The van der Waals surface area contributed by atoms with Crippen LogP contribution in [0.4, 0.5) is 17.3 Å². The molecule has 1 N–H and O–H groups in total. The molecule has 0 aromatic carbocycles. The Morgan fingerprint density at radius 1 is 1.43 bits per heavy atom. The van der Waals surface area contributed by atoms with Crippen molar-refractivity contribution in [1.29, 1.82) is 0 Å². The summed E-state index contributed by atoms with van der Waals surface area (Å²) >= 11 is 0. The summed E-state index contributed by atoms with van der Waals surface area (Å²) in [6.07, 6.45) is 7.84. The van der Waals surface area contributed by atoms with Crippen molar-refractivity contribution in [2.24, 2.45) is 0 Å². The van der Waals surface area contributed by atoms with Gasteiger partial charge in [0.1, 0.15) is 6.33 Å². The number of nitro groups is 1. The van der Waals surface area contributed by atoms with E-state index in [1.165, 1.54) is 19.2 Å². The molecule has 1 aromatic rings. The van der Waals surface area contributed by atoms with Gasteiger partial charge in [-0.15, -0.1) is 0 Å². The number of hydrogen-bond acceptors (Lipinski definition) is 6. The first-order chi connectivity index (χ1) is 10.1. The fourth-order valence-corrected chi connectivity index (χ4v) is 2.69. The van der Waals surface area contributed by atoms with Crippen LogP contribution in [-0.4, -0.2) is 34.5 Å². The standard InChI is InChI=1S/C14H23N5O2/c1-3-4-9-18(2)14-12(19(20)21)13(15-10-16-14)17-11-7-5-6-8-11/h10-11H,3-9H2,1-2H3,(H,15,16,17). The summed E-state index contributed by atoms with van der Waals surface area (Å²) in [5.41, 5.74) is -0.0111. The van der Waals surface area contributed by atoms with Crippen molar-refractivity contribution in [3.63, 3.8) is 0 Å². The minimum absolute atomic E-state index is 0.0111. The van der Waals surface area contributed by atoms with E-state index in [0.29, 0.717) is 11.6 Å². The van der Waals surface area contributed by atoms with Crippen LogP contribution in [0.25, 0.3) is 0 Å². The fourth-order valence-electron chi connectivity index (χ4n) is 2.69. The van der Waals surface area contributed by atoms with Crippen LogP contribution in [0, 0.1) is 10.1 Å². The predicted molar refractivity (Wildman–Crippen MR) is 82.7 cm³/mol. The van der Waals surface area contributed by atoms with E-state index in [0.717, 1.165) is 32.2 Å². The summed E-state index contributed by atoms with van der Waals surface area (Å²) in [5.74, 6) is 0.740. The van der Waals surface area contributed by atoms with Gasteiger partial charge in [0, 0.05) is 19.6 Å². The number of aromatic nitrogens is 2. The Morgan fingerprint density at radius 2 is 2.14 bits per heavy atom. The van der Waals surface area contributed by atoms with Crippen molar-refractivity contribution >= 4 is 17.3 Å². The van der Waals surface area contributed by atoms with Crippen LogP contribution in [0.1, 0.15) is 45.4 Å². The summed E-state index contributed by atoms with van der Waals surface area (Å²) in [4.78, 5) is 21.1. The van der Waals surface area contributed by atoms with Crippen LogP contribution in [0.2, 0.25) is 0 Å². The molecule has 21 heavy (non-hydrogen) atoms. The normalized spacial score (nSPS) is 15.1. The quantitative estimate of drug-likeness (QED) is 0.614. The molecule has 1 fully saturated rings. The van der Waals surface area contributed by atoms with Crippen molar-refractivity contribution in [3.8, 4) is 0 Å². The third-order valence-electron chi connectivity index (χ3n) is 3.89. The van der Waals surface area contributed by atoms with Crippen molar-refractivity contribution in [3.05, 3.63) is 16.4 Å². The molecule has 0 radical (unpaired) electrons. The van der Waals surface area contributed by atoms with Gasteiger partial charge in [-0.1, -0.05) is 26.2 Å². The molecular formula is C14H23N5O2. The summed E-state index contributed by atoms with van der Waals surface area (Å²) in [6, 6.07) is 0.285. The number of hydrogen-bond donors (Lipinski definition) is 1. The third-order valence-corrected chi connectivity index (χ3v) is 3.89. The van der Waals surface area contributed by atoms with E-state index >= 15 is 0 Å². The van der Waals surface area contributed by atoms with Crippen molar-refractivity contribution in [2.75, 3.05) is 23.8 Å². The first-order valence-corrected chi connectivity index (χ1v) is 7.60. The molecule has 2 rings (SSSR count). The van der Waals surface area contributed by atoms with Gasteiger partial charge in [0.15, 0.2) is 0 Å². The largest absolute Gasteiger partial charge is 0.361 e. The van der Waals surface area contributed by atoms with E-state index < -0.39 is 0 Å². The highest BCUT2D eigenvalue weighted by Gasteiger charge is 2.27. The lowest BCUT2D eigenvalue weighted by Crippen LogP contribution is -2.23. The number of nitrogens with zero attached hydrogens (tertiary/aromatic N) is 4. The minimum Gasteiger partial charge on any atom is -0.361 e. The highest BCUT2D eigenvalue weighted by Crippen LogP contribution is 2.33. The number of rotatable bonds is 7. The molecule has 0 spiro atoms. The second-order valence-electron chi connectivity index (χ2n) is 5.55. The maximum atomic E-state index is 11.5. The van der Waals surface area contributed by atoms with E-state index in [4.69, 9.17) is 0 Å². The lowest BCUT2D eigenvalue weighted by Gasteiger charge is -2.19. The molecule has 1 heterocycles. The monoisotopic (exact) mass is 293 g/mol. The number of unbranched alkanes of at least 4 members (excludes halogenated alkanes) is 1. The zero-order chi connectivity index (χ0) is 15.2. The van der Waals surface area contributed by atoms with Gasteiger partial charge in [0.2, 0.25) is 11.6 Å². The summed E-state index contributed by atoms with van der Waals surface area (Å²) < 4.78 is 0. The van der Waals surface area contributed by atoms with Gasteiger partial charge in [-0.3, -0.25) is 10.1 Å². The minimum atomic E-state index is -0.380. The van der Waals surface area contributed by atoms with Crippen molar-refractivity contribution in [2.45, 2.75) is 51.5 Å². The lowest BCUT2D eigenvalue weighted by atomic mass is 10.2. The Morgan fingerprint density at radius 3 is 2.76 bits per heavy atom. The highest BCUT2D eigenvalue weighted by atomic mass is 16.6. The Labute approximate surface area is 124 Å². The molecule has 0 saturated heterocycles. The first-order valence-electron chi connectivity index (χ1n) is 7.60. The summed E-state index contributed by atoms with van der Waals surface area (Å²) in [5, 5.41) is 14.7. The van der Waals surface area contributed by atoms with Crippen LogP contribution in [0.3, 0.4) is 0 Å². The van der Waals surface area contributed by atoms with Crippen LogP contribution in [-0.2, 0) is 0 Å². The van der Waals surface area contributed by atoms with E-state index in [1.54, 1.807) is 0 Å². The van der Waals surface area contributed by atoms with Crippen molar-refractivity contribution < 1.29 is 4.92 Å². The zero-order valence-corrected chi connectivity index (χ0v) is 12.7. The van der Waals surface area contributed by atoms with E-state index in [1.807, 2.05) is 11.9 Å². The van der Waals surface area contributed by atoms with Crippen LogP contribution in [0.15, 0.2) is 6.33 Å². The summed E-state index contributed by atoms with van der Waals surface area (Å²) in [6.45, 7) is 2.84. The van der Waals surface area contributed by atoms with Crippen molar-refractivity contribution in [1.82, 2.24) is 9.97 Å². The fraction of sp³-hybridized carbons (Fsp3) is 0.714. The Kier molecular flexibility index (Phi) is 5.30. The van der Waals surface area contributed by atoms with E-state index in [-0.39, 0.29) is 16.7 Å². The number of nitrogens with one attached hydrogen (secondary N) is 1. The molecule has 0 atom stereocenters. The SMILES string of the molecule is CCCCN(C)c1ncnc(NC2CCCC2)c1[N+](=O)[O-]. The smallest absolute Gasteiger partial charge is 0.353 e. The summed E-state index contributed by atoms with van der Waals surface area (Å²) in [7, 11) is 1.84. The van der Waals surface area contributed by atoms with Gasteiger partial charge in [-0.2, -0.15) is 0 Å². The topological polar surface area (TPSA) is 84.2 Å². The maximum Gasteiger partial charge on any atom is 0.353 e. The molecule has 7 nitrogen and oxygen atoms in total. The maximum absolute atomic E-state index is 11.5. The average molecular weight is 293 g/mol. The third kappa shape index (κ3) is 3.80. The molecule has 116 valence electrons. The molecule has 1 aromatic heterocycles. The van der Waals surface area contributed by atoms with Gasteiger partial charge in [-0.25, -0.2) is 9.97 Å². The lowest BCUT2D eigenvalue weighted by molar-refractivity contribution is -0.383. The van der Waals surface area contributed by atoms with E-state index in [2.05, 4.69) is 22.2 Å². The van der Waals surface area contributed by atoms with Gasteiger partial charge < -0.3 is 10.2 Å². The zero-order valence-electron chi connectivity index (χ0n) is 12.7. The van der Waals surface area contributed by atoms with Crippen LogP contribution in [0.5, 0.6) is 0 Å². The second-order valence-corrected chi connectivity index (χ2v) is 5.55. The Hall–Kier alpha value is -1.92. The number of anilines is 2. The molecule has 7 heteroatoms. The predicted octanol–water partition coefficient (Wildman–Crippen LogP) is 2.98. The second kappa shape index (κ2) is 7.19. The molecule has 1 aliphatic rings. The first kappa shape index (κ1) is 15.5. The van der Waals surface area contributed by atoms with Crippen LogP contribution >= 0.6 is 0 Å². The molecule has 0 bridgehead atoms. The highest BCUT2D eigenvalue weighted by molar-refractivity contribution is 5.70. The van der Waals surface area contributed by atoms with Gasteiger partial charge in [-0.05, 0) is 19.3 Å². The molecule has 0 amide bonds. The Bertz CT molecular complexity index is 488. The van der Waals surface area contributed by atoms with Gasteiger partial charge >= 0.3 is 5.69 Å². The Balaban J connectivity index is 2.25. The average Bonchev–Trinajstić information content (AvgIpc) is 2.97.